The van der Waals surface area contributed by atoms with Gasteiger partial charge in [0.05, 0.1) is 6.04 Å². The Morgan fingerprint density at radius 2 is 1.88 bits per heavy atom. The Labute approximate surface area is 148 Å². The summed E-state index contributed by atoms with van der Waals surface area (Å²) in [6.45, 7) is 2.04. The van der Waals surface area contributed by atoms with E-state index in [1.54, 1.807) is 16.7 Å². The Kier molecular flexibility index (Phi) is 5.00. The molecular weight excluding hydrogens is 370 g/mol. The summed E-state index contributed by atoms with van der Waals surface area (Å²) in [6.07, 6.45) is 3.87. The number of benzene rings is 1. The molecule has 0 bridgehead atoms. The molecular formula is C17H16BrN5O. The summed E-state index contributed by atoms with van der Waals surface area (Å²) in [6, 6.07) is 13.4. The predicted octanol–water partition coefficient (Wildman–Crippen LogP) is 3.31. The number of pyridine rings is 1. The van der Waals surface area contributed by atoms with E-state index in [0.717, 1.165) is 12.0 Å². The van der Waals surface area contributed by atoms with Gasteiger partial charge in [0, 0.05) is 4.47 Å². The highest BCUT2D eigenvalue weighted by molar-refractivity contribution is 9.10. The van der Waals surface area contributed by atoms with E-state index >= 15 is 0 Å². The minimum atomic E-state index is -0.229. The van der Waals surface area contributed by atoms with Crippen molar-refractivity contribution < 1.29 is 4.79 Å². The minimum absolute atomic E-state index is 0.0639. The number of hydrogen-bond acceptors (Lipinski definition) is 4. The zero-order chi connectivity index (χ0) is 16.9. The van der Waals surface area contributed by atoms with E-state index in [1.165, 1.54) is 12.7 Å². The molecule has 1 amide bonds. The Hall–Kier alpha value is -2.54. The van der Waals surface area contributed by atoms with Gasteiger partial charge in [-0.3, -0.25) is 9.36 Å². The standard InChI is InChI=1S/C17H16BrN5O/c1-2-14(12-6-4-3-5-7-12)21-17(24)16-13(18)8-9-15(22-16)23-10-19-20-11-23/h3-11,14H,2H2,1H3,(H,21,24)/t14-/m0/s1. The van der Waals surface area contributed by atoms with Crippen LogP contribution in [0, 0.1) is 0 Å². The minimum Gasteiger partial charge on any atom is -0.344 e. The zero-order valence-electron chi connectivity index (χ0n) is 13.1. The molecule has 0 saturated heterocycles. The van der Waals surface area contributed by atoms with Gasteiger partial charge >= 0.3 is 0 Å². The number of rotatable bonds is 5. The second-order valence-electron chi connectivity index (χ2n) is 5.21. The molecule has 0 radical (unpaired) electrons. The van der Waals surface area contributed by atoms with Crippen LogP contribution in [0.25, 0.3) is 5.82 Å². The number of amides is 1. The lowest BCUT2D eigenvalue weighted by atomic mass is 10.0. The van der Waals surface area contributed by atoms with Gasteiger partial charge in [0.15, 0.2) is 0 Å². The maximum atomic E-state index is 12.7. The lowest BCUT2D eigenvalue weighted by molar-refractivity contribution is 0.0929. The molecule has 6 nitrogen and oxygen atoms in total. The quantitative estimate of drug-likeness (QED) is 0.730. The third-order valence-corrected chi connectivity index (χ3v) is 4.29. The fourth-order valence-corrected chi connectivity index (χ4v) is 2.79. The highest BCUT2D eigenvalue weighted by Crippen LogP contribution is 2.20. The van der Waals surface area contributed by atoms with Crippen molar-refractivity contribution in [2.45, 2.75) is 19.4 Å². The molecule has 24 heavy (non-hydrogen) atoms. The summed E-state index contributed by atoms with van der Waals surface area (Å²) < 4.78 is 2.29. The molecule has 0 saturated carbocycles. The van der Waals surface area contributed by atoms with Gasteiger partial charge in [0.1, 0.15) is 24.2 Å². The Morgan fingerprint density at radius 3 is 2.54 bits per heavy atom. The summed E-state index contributed by atoms with van der Waals surface area (Å²) in [4.78, 5) is 17.1. The predicted molar refractivity (Wildman–Crippen MR) is 93.8 cm³/mol. The Balaban J connectivity index is 1.85. The molecule has 0 aliphatic rings. The second-order valence-corrected chi connectivity index (χ2v) is 6.07. The number of aromatic nitrogens is 4. The maximum absolute atomic E-state index is 12.7. The van der Waals surface area contributed by atoms with E-state index in [0.29, 0.717) is 16.0 Å². The van der Waals surface area contributed by atoms with Crippen LogP contribution in [0.15, 0.2) is 59.6 Å². The molecule has 7 heteroatoms. The van der Waals surface area contributed by atoms with Crippen molar-refractivity contribution in [2.24, 2.45) is 0 Å². The molecule has 2 aromatic heterocycles. The van der Waals surface area contributed by atoms with Crippen LogP contribution >= 0.6 is 15.9 Å². The van der Waals surface area contributed by atoms with Gasteiger partial charge in [-0.2, -0.15) is 0 Å². The van der Waals surface area contributed by atoms with Crippen LogP contribution in [-0.2, 0) is 0 Å². The van der Waals surface area contributed by atoms with E-state index in [1.807, 2.05) is 37.3 Å². The normalized spacial score (nSPS) is 11.9. The molecule has 122 valence electrons. The second kappa shape index (κ2) is 7.35. The first-order chi connectivity index (χ1) is 11.7. The zero-order valence-corrected chi connectivity index (χ0v) is 14.6. The van der Waals surface area contributed by atoms with Crippen LogP contribution in [0.3, 0.4) is 0 Å². The van der Waals surface area contributed by atoms with Crippen LogP contribution in [0.5, 0.6) is 0 Å². The number of nitrogens with one attached hydrogen (secondary N) is 1. The van der Waals surface area contributed by atoms with Crippen molar-refractivity contribution >= 4 is 21.8 Å². The molecule has 2 heterocycles. The van der Waals surface area contributed by atoms with Crippen molar-refractivity contribution in [2.75, 3.05) is 0 Å². The van der Waals surface area contributed by atoms with Gasteiger partial charge in [-0.05, 0) is 40.0 Å². The van der Waals surface area contributed by atoms with Crippen LogP contribution in [0.2, 0.25) is 0 Å². The Bertz CT molecular complexity index is 820. The van der Waals surface area contributed by atoms with Crippen LogP contribution in [0.4, 0.5) is 0 Å². The molecule has 3 rings (SSSR count). The van der Waals surface area contributed by atoms with Crippen molar-refractivity contribution in [3.05, 3.63) is 70.8 Å². The SMILES string of the molecule is CC[C@H](NC(=O)c1nc(-n2cnnc2)ccc1Br)c1ccccc1. The molecule has 1 aromatic carbocycles. The average Bonchev–Trinajstić information content (AvgIpc) is 3.15. The third kappa shape index (κ3) is 3.51. The summed E-state index contributed by atoms with van der Waals surface area (Å²) in [5.41, 5.74) is 1.40. The van der Waals surface area contributed by atoms with Crippen LogP contribution < -0.4 is 5.32 Å². The smallest absolute Gasteiger partial charge is 0.271 e. The highest BCUT2D eigenvalue weighted by Gasteiger charge is 2.18. The van der Waals surface area contributed by atoms with Crippen molar-refractivity contribution in [1.82, 2.24) is 25.1 Å². The monoisotopic (exact) mass is 385 g/mol. The molecule has 0 unspecified atom stereocenters. The van der Waals surface area contributed by atoms with Gasteiger partial charge in [-0.25, -0.2) is 4.98 Å². The summed E-state index contributed by atoms with van der Waals surface area (Å²) in [7, 11) is 0. The summed E-state index contributed by atoms with van der Waals surface area (Å²) in [5.74, 6) is 0.355. The number of carbonyl (C=O) groups excluding carboxylic acids is 1. The van der Waals surface area contributed by atoms with Gasteiger partial charge in [-0.15, -0.1) is 10.2 Å². The molecule has 1 N–H and O–H groups in total. The number of carbonyl (C=O) groups is 1. The van der Waals surface area contributed by atoms with Gasteiger partial charge in [0.2, 0.25) is 0 Å². The number of halogens is 1. The largest absolute Gasteiger partial charge is 0.344 e. The highest BCUT2D eigenvalue weighted by atomic mass is 79.9. The van der Waals surface area contributed by atoms with Gasteiger partial charge < -0.3 is 5.32 Å². The maximum Gasteiger partial charge on any atom is 0.271 e. The average molecular weight is 386 g/mol. The van der Waals surface area contributed by atoms with E-state index in [4.69, 9.17) is 0 Å². The lowest BCUT2D eigenvalue weighted by Gasteiger charge is -2.18. The number of hydrogen-bond donors (Lipinski definition) is 1. The lowest BCUT2D eigenvalue weighted by Crippen LogP contribution is -2.29. The van der Waals surface area contributed by atoms with Crippen molar-refractivity contribution in [3.63, 3.8) is 0 Å². The van der Waals surface area contributed by atoms with Crippen LogP contribution in [-0.4, -0.2) is 25.7 Å². The molecule has 0 aliphatic heterocycles. The van der Waals surface area contributed by atoms with Gasteiger partial charge in [0.25, 0.3) is 5.91 Å². The first-order valence-electron chi connectivity index (χ1n) is 7.56. The van der Waals surface area contributed by atoms with E-state index in [9.17, 15) is 4.79 Å². The molecule has 1 atom stereocenters. The van der Waals surface area contributed by atoms with E-state index in [-0.39, 0.29) is 11.9 Å². The first-order valence-corrected chi connectivity index (χ1v) is 8.35. The fourth-order valence-electron chi connectivity index (χ4n) is 2.39. The van der Waals surface area contributed by atoms with E-state index < -0.39 is 0 Å². The molecule has 0 aliphatic carbocycles. The third-order valence-electron chi connectivity index (χ3n) is 3.65. The van der Waals surface area contributed by atoms with Crippen molar-refractivity contribution in [1.29, 1.82) is 0 Å². The molecule has 3 aromatic rings. The molecule has 0 fully saturated rings. The number of nitrogens with zero attached hydrogens (tertiary/aromatic N) is 4. The summed E-state index contributed by atoms with van der Waals surface area (Å²) in [5, 5.41) is 10.6. The van der Waals surface area contributed by atoms with Crippen LogP contribution in [0.1, 0.15) is 35.4 Å². The summed E-state index contributed by atoms with van der Waals surface area (Å²) >= 11 is 3.40. The molecule has 0 spiro atoms. The first kappa shape index (κ1) is 16.3. The fraction of sp³-hybridized carbons (Fsp3) is 0.176. The van der Waals surface area contributed by atoms with Gasteiger partial charge in [-0.1, -0.05) is 37.3 Å². The Morgan fingerprint density at radius 1 is 1.17 bits per heavy atom. The topological polar surface area (TPSA) is 72.7 Å². The van der Waals surface area contributed by atoms with Crippen molar-refractivity contribution in [3.8, 4) is 5.82 Å². The van der Waals surface area contributed by atoms with E-state index in [2.05, 4.69) is 36.4 Å².